The smallest absolute Gasteiger partial charge is 0.315 e. The van der Waals surface area contributed by atoms with Crippen LogP contribution in [0.3, 0.4) is 0 Å². The molecule has 4 saturated heterocycles. The summed E-state index contributed by atoms with van der Waals surface area (Å²) in [6, 6.07) is -0.633. The van der Waals surface area contributed by atoms with Crippen LogP contribution in [0.5, 0.6) is 0 Å². The lowest BCUT2D eigenvalue weighted by atomic mass is 9.88. The highest BCUT2D eigenvalue weighted by Crippen LogP contribution is 2.35. The Labute approximate surface area is 230 Å². The number of carbonyl (C=O) groups is 4. The van der Waals surface area contributed by atoms with E-state index in [2.05, 4.69) is 26.6 Å². The molecule has 0 aromatic rings. The molecule has 214 valence electrons. The Morgan fingerprint density at radius 2 is 1.55 bits per heavy atom. The van der Waals surface area contributed by atoms with Gasteiger partial charge in [-0.25, -0.2) is 9.59 Å². The van der Waals surface area contributed by atoms with Crippen molar-refractivity contribution in [2.45, 2.75) is 84.8 Å². The van der Waals surface area contributed by atoms with E-state index < -0.39 is 29.4 Å². The summed E-state index contributed by atoms with van der Waals surface area (Å²) in [5.41, 5.74) is 16.9. The van der Waals surface area contributed by atoms with Crippen molar-refractivity contribution < 1.29 is 24.3 Å². The van der Waals surface area contributed by atoms with Crippen LogP contribution in [0.2, 0.25) is 0 Å². The summed E-state index contributed by atoms with van der Waals surface area (Å²) in [5.74, 6) is -0.673. The molecule has 0 bridgehead atoms. The van der Waals surface area contributed by atoms with Gasteiger partial charge in [-0.1, -0.05) is 6.42 Å². The van der Waals surface area contributed by atoms with Gasteiger partial charge in [-0.3, -0.25) is 9.59 Å². The van der Waals surface area contributed by atoms with Gasteiger partial charge in [0.25, 0.3) is 0 Å². The summed E-state index contributed by atoms with van der Waals surface area (Å²) in [6.45, 7) is 0.0545. The zero-order chi connectivity index (χ0) is 27.4. The minimum atomic E-state index is -1.19. The summed E-state index contributed by atoms with van der Waals surface area (Å²) < 4.78 is 0. The molecule has 13 nitrogen and oxygen atoms in total. The van der Waals surface area contributed by atoms with E-state index in [1.807, 2.05) is 0 Å². The van der Waals surface area contributed by atoms with E-state index in [-0.39, 0.29) is 59.8 Å². The van der Waals surface area contributed by atoms with E-state index in [0.29, 0.717) is 25.7 Å². The van der Waals surface area contributed by atoms with Gasteiger partial charge < -0.3 is 48.9 Å². The maximum absolute atomic E-state index is 12.5. The normalized spacial score (nSPS) is 32.8. The highest BCUT2D eigenvalue weighted by molar-refractivity contribution is 8.00. The van der Waals surface area contributed by atoms with Crippen LogP contribution in [0, 0.1) is 5.92 Å². The van der Waals surface area contributed by atoms with Crippen LogP contribution in [-0.4, -0.2) is 99.9 Å². The highest BCUT2D eigenvalue weighted by atomic mass is 32.2. The Morgan fingerprint density at radius 1 is 1.00 bits per heavy atom. The van der Waals surface area contributed by atoms with Gasteiger partial charge in [0.1, 0.15) is 5.54 Å². The van der Waals surface area contributed by atoms with E-state index >= 15 is 0 Å². The van der Waals surface area contributed by atoms with Crippen molar-refractivity contribution >= 4 is 47.5 Å². The van der Waals surface area contributed by atoms with Crippen LogP contribution in [-0.2, 0) is 9.59 Å². The lowest BCUT2D eigenvalue weighted by Gasteiger charge is -2.33. The number of fused-ring (bicyclic) bond motifs is 2. The number of carboxylic acid groups (broad SMARTS) is 1. The Balaban J connectivity index is 1.25. The summed E-state index contributed by atoms with van der Waals surface area (Å²) in [4.78, 5) is 47.7. The van der Waals surface area contributed by atoms with E-state index in [4.69, 9.17) is 17.2 Å². The molecule has 4 fully saturated rings. The number of carboxylic acids is 1. The maximum atomic E-state index is 12.5. The minimum Gasteiger partial charge on any atom is -0.481 e. The molecule has 38 heavy (non-hydrogen) atoms. The molecular formula is C23H40N8O5S2. The SMILES string of the molecule is NCC(CCCC1SC[C@@H]2NC(=O)N[C@H]12)(NCC(N)C(CCC[C@@H]1SC[C@@H]2NC(=O)N[C@@H]21)C(=O)O)C(N)=O. The highest BCUT2D eigenvalue weighted by Gasteiger charge is 2.44. The van der Waals surface area contributed by atoms with Gasteiger partial charge in [-0.15, -0.1) is 0 Å². The monoisotopic (exact) mass is 572 g/mol. The molecule has 12 N–H and O–H groups in total. The summed E-state index contributed by atoms with van der Waals surface area (Å²) in [6.07, 6.45) is 3.66. The number of aliphatic carboxylic acids is 1. The molecule has 0 aromatic heterocycles. The number of rotatable bonds is 15. The first-order valence-electron chi connectivity index (χ1n) is 13.2. The van der Waals surface area contributed by atoms with Crippen LogP contribution in [0.25, 0.3) is 0 Å². The lowest BCUT2D eigenvalue weighted by molar-refractivity contribution is -0.142. The maximum Gasteiger partial charge on any atom is 0.315 e. The van der Waals surface area contributed by atoms with Crippen LogP contribution in [0.15, 0.2) is 0 Å². The van der Waals surface area contributed by atoms with E-state index in [0.717, 1.165) is 24.3 Å². The van der Waals surface area contributed by atoms with E-state index in [1.165, 1.54) is 0 Å². The number of hydrogen-bond acceptors (Lipinski definition) is 9. The Morgan fingerprint density at radius 3 is 2.05 bits per heavy atom. The number of hydrogen-bond donors (Lipinski definition) is 9. The number of primary amides is 1. The zero-order valence-corrected chi connectivity index (χ0v) is 23.0. The number of urea groups is 2. The summed E-state index contributed by atoms with van der Waals surface area (Å²) >= 11 is 3.58. The van der Waals surface area contributed by atoms with Crippen molar-refractivity contribution in [3.63, 3.8) is 0 Å². The first-order valence-corrected chi connectivity index (χ1v) is 15.3. The fraction of sp³-hybridized carbons (Fsp3) is 0.826. The number of nitrogens with one attached hydrogen (secondary N) is 5. The molecular weight excluding hydrogens is 532 g/mol. The molecule has 15 heteroatoms. The Hall–Kier alpha value is -1.94. The van der Waals surface area contributed by atoms with Crippen molar-refractivity contribution in [3.05, 3.63) is 0 Å². The quantitative estimate of drug-likeness (QED) is 0.103. The predicted molar refractivity (Wildman–Crippen MR) is 147 cm³/mol. The van der Waals surface area contributed by atoms with Crippen LogP contribution in [0.1, 0.15) is 38.5 Å². The number of thioether (sulfide) groups is 2. The van der Waals surface area contributed by atoms with Crippen molar-refractivity contribution in [2.75, 3.05) is 24.6 Å². The van der Waals surface area contributed by atoms with E-state index in [9.17, 15) is 24.3 Å². The van der Waals surface area contributed by atoms with Crippen LogP contribution >= 0.6 is 23.5 Å². The second kappa shape index (κ2) is 12.5. The molecule has 4 rings (SSSR count). The third-order valence-corrected chi connectivity index (χ3v) is 11.3. The standard InChI is InChI=1S/C23H40N8O5S2/c24-10-23(20(26)34,6-2-5-16-18-14(9-38-16)29-22(36)31-18)27-7-12(25)11(19(32)33)3-1-4-15-17-13(8-37-15)28-21(35)30-17/h11-18,27H,1-10,24-25H2,(H2,26,34)(H,32,33)(H2,28,30,35)(H2,29,31,36)/t11?,12?,13-,14-,15-,16?,17-,18-,23?/m0/s1. The predicted octanol–water partition coefficient (Wildman–Crippen LogP) is -1.54. The average molecular weight is 573 g/mol. The van der Waals surface area contributed by atoms with Gasteiger partial charge in [-0.05, 0) is 32.1 Å². The molecule has 0 radical (unpaired) electrons. The van der Waals surface area contributed by atoms with Crippen molar-refractivity contribution in [1.82, 2.24) is 26.6 Å². The van der Waals surface area contributed by atoms with Crippen LogP contribution < -0.4 is 43.8 Å². The molecule has 0 spiro atoms. The molecule has 5 amide bonds. The molecule has 4 aliphatic rings. The second-order valence-corrected chi connectivity index (χ2v) is 13.3. The summed E-state index contributed by atoms with van der Waals surface area (Å²) in [7, 11) is 0. The van der Waals surface area contributed by atoms with Crippen molar-refractivity contribution in [3.8, 4) is 0 Å². The fourth-order valence-corrected chi connectivity index (χ4v) is 9.07. The van der Waals surface area contributed by atoms with Crippen molar-refractivity contribution in [2.24, 2.45) is 23.1 Å². The molecule has 0 aromatic carbocycles. The molecule has 9 atom stereocenters. The zero-order valence-electron chi connectivity index (χ0n) is 21.3. The first kappa shape index (κ1) is 29.1. The number of nitrogens with two attached hydrogens (primary N) is 3. The topological polar surface area (TPSA) is 227 Å². The lowest BCUT2D eigenvalue weighted by Crippen LogP contribution is -2.62. The van der Waals surface area contributed by atoms with Gasteiger partial charge >= 0.3 is 18.0 Å². The number of amides is 5. The Kier molecular flexibility index (Phi) is 9.55. The fourth-order valence-electron chi connectivity index (χ4n) is 5.98. The van der Waals surface area contributed by atoms with E-state index in [1.54, 1.807) is 23.5 Å². The van der Waals surface area contributed by atoms with Crippen molar-refractivity contribution in [1.29, 1.82) is 0 Å². The third kappa shape index (κ3) is 6.43. The molecule has 4 unspecified atom stereocenters. The molecule has 0 aliphatic carbocycles. The van der Waals surface area contributed by atoms with Gasteiger partial charge in [0, 0.05) is 41.1 Å². The second-order valence-electron chi connectivity index (χ2n) is 10.7. The molecule has 4 aliphatic heterocycles. The number of carbonyl (C=O) groups excluding carboxylic acids is 3. The average Bonchev–Trinajstić information content (AvgIpc) is 3.61. The Bertz CT molecular complexity index is 915. The largest absolute Gasteiger partial charge is 0.481 e. The molecule has 0 saturated carbocycles. The summed E-state index contributed by atoms with van der Waals surface area (Å²) in [5, 5.41) is 25.2. The van der Waals surface area contributed by atoms with Gasteiger partial charge in [0.2, 0.25) is 5.91 Å². The van der Waals surface area contributed by atoms with Gasteiger partial charge in [0.15, 0.2) is 0 Å². The minimum absolute atomic E-state index is 0.0316. The third-order valence-electron chi connectivity index (χ3n) is 8.30. The molecule has 4 heterocycles. The van der Waals surface area contributed by atoms with Crippen LogP contribution in [0.4, 0.5) is 9.59 Å². The van der Waals surface area contributed by atoms with Gasteiger partial charge in [0.05, 0.1) is 30.1 Å². The van der Waals surface area contributed by atoms with Gasteiger partial charge in [-0.2, -0.15) is 23.5 Å². The first-order chi connectivity index (χ1) is 18.1.